The average Bonchev–Trinajstić information content (AvgIpc) is 3.22. The van der Waals surface area contributed by atoms with Gasteiger partial charge in [-0.1, -0.05) is 29.8 Å². The molecule has 6 heteroatoms. The standard InChI is InChI=1S/C19H27N5O/c1-15-6-4-7-16(14-15)17-8-5-10-24(17)19(25)20-18-9-11-23(21-18)13-12-22(2)3/h4,6-7,9,11,14,17H,5,8,10,12-13H2,1-3H3,(H,20,21,25)/t17-/m1/s1. The number of carbonyl (C=O) groups is 1. The Bertz CT molecular complexity index is 724. The number of hydrogen-bond acceptors (Lipinski definition) is 3. The van der Waals surface area contributed by atoms with Gasteiger partial charge >= 0.3 is 6.03 Å². The van der Waals surface area contributed by atoms with E-state index in [9.17, 15) is 4.79 Å². The molecule has 1 atom stereocenters. The Kier molecular flexibility index (Phi) is 5.38. The lowest BCUT2D eigenvalue weighted by Gasteiger charge is -2.25. The molecule has 2 amide bonds. The fraction of sp³-hybridized carbons (Fsp3) is 0.474. The number of aromatic nitrogens is 2. The average molecular weight is 341 g/mol. The maximum atomic E-state index is 12.7. The van der Waals surface area contributed by atoms with Crippen molar-refractivity contribution in [3.63, 3.8) is 0 Å². The molecule has 0 spiro atoms. The zero-order valence-electron chi connectivity index (χ0n) is 15.3. The summed E-state index contributed by atoms with van der Waals surface area (Å²) in [4.78, 5) is 16.7. The molecule has 1 aromatic heterocycles. The van der Waals surface area contributed by atoms with Crippen LogP contribution in [0.3, 0.4) is 0 Å². The number of amides is 2. The van der Waals surface area contributed by atoms with Crippen molar-refractivity contribution in [2.24, 2.45) is 0 Å². The van der Waals surface area contributed by atoms with Crippen LogP contribution in [-0.4, -0.2) is 52.8 Å². The van der Waals surface area contributed by atoms with Crippen molar-refractivity contribution in [3.05, 3.63) is 47.7 Å². The van der Waals surface area contributed by atoms with E-state index in [0.717, 1.165) is 32.5 Å². The van der Waals surface area contributed by atoms with Crippen LogP contribution in [0.15, 0.2) is 36.5 Å². The van der Waals surface area contributed by atoms with Crippen molar-refractivity contribution in [2.75, 3.05) is 32.5 Å². The van der Waals surface area contributed by atoms with Crippen LogP contribution in [0, 0.1) is 6.92 Å². The first-order valence-electron chi connectivity index (χ1n) is 8.85. The Hall–Kier alpha value is -2.34. The molecule has 0 unspecified atom stereocenters. The zero-order valence-corrected chi connectivity index (χ0v) is 15.3. The maximum absolute atomic E-state index is 12.7. The second kappa shape index (κ2) is 7.70. The van der Waals surface area contributed by atoms with E-state index >= 15 is 0 Å². The molecular formula is C19H27N5O. The third-order valence-electron chi connectivity index (χ3n) is 4.59. The lowest BCUT2D eigenvalue weighted by molar-refractivity contribution is 0.207. The van der Waals surface area contributed by atoms with Gasteiger partial charge in [0.25, 0.3) is 0 Å². The third kappa shape index (κ3) is 4.39. The number of nitrogens with one attached hydrogen (secondary N) is 1. The molecule has 1 fully saturated rings. The Labute approximate surface area is 149 Å². The molecule has 2 aromatic rings. The van der Waals surface area contributed by atoms with Crippen molar-refractivity contribution in [1.29, 1.82) is 0 Å². The smallest absolute Gasteiger partial charge is 0.317 e. The summed E-state index contributed by atoms with van der Waals surface area (Å²) in [7, 11) is 4.07. The van der Waals surface area contributed by atoms with Gasteiger partial charge < -0.3 is 9.80 Å². The molecule has 134 valence electrons. The molecule has 1 N–H and O–H groups in total. The topological polar surface area (TPSA) is 53.4 Å². The number of nitrogens with zero attached hydrogens (tertiary/aromatic N) is 4. The van der Waals surface area contributed by atoms with Crippen LogP contribution in [0.2, 0.25) is 0 Å². The van der Waals surface area contributed by atoms with E-state index in [-0.39, 0.29) is 12.1 Å². The highest BCUT2D eigenvalue weighted by atomic mass is 16.2. The molecule has 3 rings (SSSR count). The molecule has 0 aliphatic carbocycles. The van der Waals surface area contributed by atoms with E-state index in [1.807, 2.05) is 35.9 Å². The number of rotatable bonds is 5. The molecular weight excluding hydrogens is 314 g/mol. The molecule has 0 saturated carbocycles. The second-order valence-electron chi connectivity index (χ2n) is 6.96. The molecule has 1 saturated heterocycles. The summed E-state index contributed by atoms with van der Waals surface area (Å²) in [5.41, 5.74) is 2.44. The van der Waals surface area contributed by atoms with Crippen LogP contribution in [0.1, 0.15) is 30.0 Å². The van der Waals surface area contributed by atoms with Gasteiger partial charge in [0, 0.05) is 25.4 Å². The predicted molar refractivity (Wildman–Crippen MR) is 99.7 cm³/mol. The fourth-order valence-corrected chi connectivity index (χ4v) is 3.27. The highest BCUT2D eigenvalue weighted by molar-refractivity contribution is 5.88. The van der Waals surface area contributed by atoms with Gasteiger partial charge in [0.05, 0.1) is 12.6 Å². The van der Waals surface area contributed by atoms with Gasteiger partial charge in [-0.05, 0) is 39.4 Å². The van der Waals surface area contributed by atoms with Crippen LogP contribution in [0.5, 0.6) is 0 Å². The lowest BCUT2D eigenvalue weighted by atomic mass is 10.0. The monoisotopic (exact) mass is 341 g/mol. The number of urea groups is 1. The largest absolute Gasteiger partial charge is 0.323 e. The Morgan fingerprint density at radius 3 is 2.96 bits per heavy atom. The van der Waals surface area contributed by atoms with Gasteiger partial charge in [0.2, 0.25) is 0 Å². The lowest BCUT2D eigenvalue weighted by Crippen LogP contribution is -2.34. The molecule has 0 bridgehead atoms. The number of likely N-dealkylation sites (N-methyl/N-ethyl adjacent to an activating group) is 1. The Balaban J connectivity index is 1.64. The van der Waals surface area contributed by atoms with Gasteiger partial charge in [-0.25, -0.2) is 4.79 Å². The summed E-state index contributed by atoms with van der Waals surface area (Å²) in [5, 5.41) is 7.38. The van der Waals surface area contributed by atoms with E-state index in [2.05, 4.69) is 46.5 Å². The van der Waals surface area contributed by atoms with Crippen molar-refractivity contribution < 1.29 is 4.79 Å². The summed E-state index contributed by atoms with van der Waals surface area (Å²) in [6, 6.07) is 10.4. The van der Waals surface area contributed by atoms with Crippen LogP contribution >= 0.6 is 0 Å². The molecule has 6 nitrogen and oxygen atoms in total. The van der Waals surface area contributed by atoms with Crippen molar-refractivity contribution in [1.82, 2.24) is 19.6 Å². The van der Waals surface area contributed by atoms with E-state index in [0.29, 0.717) is 5.82 Å². The Morgan fingerprint density at radius 1 is 1.36 bits per heavy atom. The fourth-order valence-electron chi connectivity index (χ4n) is 3.27. The molecule has 1 aromatic carbocycles. The Morgan fingerprint density at radius 2 is 2.20 bits per heavy atom. The number of anilines is 1. The minimum absolute atomic E-state index is 0.0677. The van der Waals surface area contributed by atoms with E-state index in [1.54, 1.807) is 0 Å². The van der Waals surface area contributed by atoms with Gasteiger partial charge in [0.1, 0.15) is 0 Å². The van der Waals surface area contributed by atoms with E-state index in [4.69, 9.17) is 0 Å². The number of benzene rings is 1. The molecule has 0 radical (unpaired) electrons. The minimum atomic E-state index is -0.0677. The van der Waals surface area contributed by atoms with Crippen molar-refractivity contribution >= 4 is 11.8 Å². The van der Waals surface area contributed by atoms with Gasteiger partial charge in [-0.3, -0.25) is 10.00 Å². The van der Waals surface area contributed by atoms with Crippen molar-refractivity contribution in [2.45, 2.75) is 32.4 Å². The summed E-state index contributed by atoms with van der Waals surface area (Å²) in [5.74, 6) is 0.610. The third-order valence-corrected chi connectivity index (χ3v) is 4.59. The van der Waals surface area contributed by atoms with Crippen LogP contribution < -0.4 is 5.32 Å². The molecule has 2 heterocycles. The number of likely N-dealkylation sites (tertiary alicyclic amines) is 1. The maximum Gasteiger partial charge on any atom is 0.323 e. The predicted octanol–water partition coefficient (Wildman–Crippen LogP) is 3.12. The molecule has 25 heavy (non-hydrogen) atoms. The first-order valence-corrected chi connectivity index (χ1v) is 8.85. The van der Waals surface area contributed by atoms with Crippen LogP contribution in [0.25, 0.3) is 0 Å². The summed E-state index contributed by atoms with van der Waals surface area (Å²) < 4.78 is 1.86. The zero-order chi connectivity index (χ0) is 17.8. The molecule has 1 aliphatic heterocycles. The van der Waals surface area contributed by atoms with Crippen LogP contribution in [0.4, 0.5) is 10.6 Å². The summed E-state index contributed by atoms with van der Waals surface area (Å²) >= 11 is 0. The highest BCUT2D eigenvalue weighted by Crippen LogP contribution is 2.32. The molecule has 1 aliphatic rings. The minimum Gasteiger partial charge on any atom is -0.317 e. The second-order valence-corrected chi connectivity index (χ2v) is 6.96. The highest BCUT2D eigenvalue weighted by Gasteiger charge is 2.30. The van der Waals surface area contributed by atoms with Gasteiger partial charge in [-0.2, -0.15) is 5.10 Å². The van der Waals surface area contributed by atoms with E-state index in [1.165, 1.54) is 11.1 Å². The van der Waals surface area contributed by atoms with E-state index < -0.39 is 0 Å². The number of hydrogen-bond donors (Lipinski definition) is 1. The normalized spacial score (nSPS) is 17.3. The summed E-state index contributed by atoms with van der Waals surface area (Å²) in [6.45, 7) is 4.59. The SMILES string of the molecule is Cc1cccc([C@H]2CCCN2C(=O)Nc2ccn(CCN(C)C)n2)c1. The number of carbonyl (C=O) groups excluding carboxylic acids is 1. The van der Waals surface area contributed by atoms with Crippen molar-refractivity contribution in [3.8, 4) is 0 Å². The summed E-state index contributed by atoms with van der Waals surface area (Å²) in [6.07, 6.45) is 3.94. The van der Waals surface area contributed by atoms with Gasteiger partial charge in [-0.15, -0.1) is 0 Å². The first-order chi connectivity index (χ1) is 12.0. The first kappa shape index (κ1) is 17.5. The quantitative estimate of drug-likeness (QED) is 0.909. The number of aryl methyl sites for hydroxylation is 1. The van der Waals surface area contributed by atoms with Gasteiger partial charge in [0.15, 0.2) is 5.82 Å². The van der Waals surface area contributed by atoms with Crippen LogP contribution in [-0.2, 0) is 6.54 Å².